The molecule has 132 valence electrons. The van der Waals surface area contributed by atoms with Crippen LogP contribution in [-0.2, 0) is 9.84 Å². The number of hydrogen-bond donors (Lipinski definition) is 1. The molecule has 1 amide bonds. The number of amides is 1. The van der Waals surface area contributed by atoms with Crippen molar-refractivity contribution in [2.24, 2.45) is 5.92 Å². The molecule has 0 radical (unpaired) electrons. The molecule has 1 aliphatic carbocycles. The number of carbonyl (C=O) groups excluding carboxylic acids is 1. The molecule has 0 aliphatic heterocycles. The molecular weight excluding hydrogens is 334 g/mol. The minimum atomic E-state index is -3.34. The van der Waals surface area contributed by atoms with Crippen LogP contribution in [0.5, 0.6) is 0 Å². The fraction of sp³-hybridized carbons (Fsp3) is 0.350. The van der Waals surface area contributed by atoms with Crippen molar-refractivity contribution in [3.8, 4) is 0 Å². The zero-order chi connectivity index (χ0) is 17.7. The lowest BCUT2D eigenvalue weighted by Gasteiger charge is -2.32. The summed E-state index contributed by atoms with van der Waals surface area (Å²) < 4.78 is 25.4. The molecule has 1 N–H and O–H groups in total. The Hall–Kier alpha value is -2.14. The maximum Gasteiger partial charge on any atom is 0.251 e. The van der Waals surface area contributed by atoms with Crippen LogP contribution < -0.4 is 5.32 Å². The van der Waals surface area contributed by atoms with Gasteiger partial charge in [0.2, 0.25) is 0 Å². The predicted octanol–water partition coefficient (Wildman–Crippen LogP) is 3.45. The molecule has 0 spiro atoms. The van der Waals surface area contributed by atoms with Gasteiger partial charge in [-0.1, -0.05) is 49.2 Å². The monoisotopic (exact) mass is 357 g/mol. The van der Waals surface area contributed by atoms with Crippen LogP contribution in [0, 0.1) is 5.92 Å². The van der Waals surface area contributed by atoms with E-state index in [1.165, 1.54) is 0 Å². The fourth-order valence-electron chi connectivity index (χ4n) is 3.44. The van der Waals surface area contributed by atoms with Crippen LogP contribution in [0.3, 0.4) is 0 Å². The first kappa shape index (κ1) is 17.7. The number of nitrogens with one attached hydrogen (secondary N) is 1. The molecule has 0 heterocycles. The Labute approximate surface area is 149 Å². The molecule has 3 rings (SSSR count). The summed E-state index contributed by atoms with van der Waals surface area (Å²) in [6, 6.07) is 17.5. The highest BCUT2D eigenvalue weighted by atomic mass is 32.2. The minimum absolute atomic E-state index is 0.0494. The van der Waals surface area contributed by atoms with E-state index in [0.29, 0.717) is 10.5 Å². The molecule has 0 bridgehead atoms. The lowest BCUT2D eigenvalue weighted by Crippen LogP contribution is -2.44. The van der Waals surface area contributed by atoms with Crippen molar-refractivity contribution in [1.29, 1.82) is 0 Å². The summed E-state index contributed by atoms with van der Waals surface area (Å²) >= 11 is 0. The van der Waals surface area contributed by atoms with Gasteiger partial charge in [-0.05, 0) is 43.0 Å². The van der Waals surface area contributed by atoms with Crippen molar-refractivity contribution >= 4 is 15.7 Å². The Morgan fingerprint density at radius 2 is 1.52 bits per heavy atom. The zero-order valence-electron chi connectivity index (χ0n) is 14.1. The number of rotatable bonds is 5. The van der Waals surface area contributed by atoms with Gasteiger partial charge in [-0.2, -0.15) is 0 Å². The normalized spacial score (nSPS) is 20.8. The third-order valence-corrected chi connectivity index (χ3v) is 6.65. The van der Waals surface area contributed by atoms with E-state index in [-0.39, 0.29) is 23.6 Å². The second kappa shape index (κ2) is 7.83. The van der Waals surface area contributed by atoms with Crippen LogP contribution in [-0.4, -0.2) is 26.1 Å². The number of sulfone groups is 1. The van der Waals surface area contributed by atoms with Gasteiger partial charge in [0.15, 0.2) is 9.84 Å². The van der Waals surface area contributed by atoms with Crippen LogP contribution in [0.15, 0.2) is 65.6 Å². The molecule has 0 unspecified atom stereocenters. The van der Waals surface area contributed by atoms with E-state index in [4.69, 9.17) is 0 Å². The van der Waals surface area contributed by atoms with E-state index in [1.54, 1.807) is 36.4 Å². The largest absolute Gasteiger partial charge is 0.349 e. The molecule has 1 fully saturated rings. The fourth-order valence-corrected chi connectivity index (χ4v) is 5.17. The first-order chi connectivity index (χ1) is 12.1. The SMILES string of the molecule is O=C(N[C@@H]1CCCC[C@@H]1CS(=O)(=O)c1ccccc1)c1ccccc1. The third kappa shape index (κ3) is 4.48. The van der Waals surface area contributed by atoms with E-state index < -0.39 is 9.84 Å². The zero-order valence-corrected chi connectivity index (χ0v) is 14.9. The van der Waals surface area contributed by atoms with Gasteiger partial charge in [0.25, 0.3) is 5.91 Å². The summed E-state index contributed by atoms with van der Waals surface area (Å²) in [6.45, 7) is 0. The van der Waals surface area contributed by atoms with Crippen LogP contribution >= 0.6 is 0 Å². The maximum absolute atomic E-state index is 12.7. The van der Waals surface area contributed by atoms with E-state index in [2.05, 4.69) is 5.32 Å². The van der Waals surface area contributed by atoms with Gasteiger partial charge in [-0.3, -0.25) is 4.79 Å². The van der Waals surface area contributed by atoms with Crippen molar-refractivity contribution in [3.05, 3.63) is 66.2 Å². The second-order valence-corrected chi connectivity index (χ2v) is 8.62. The summed E-state index contributed by atoms with van der Waals surface area (Å²) in [5.41, 5.74) is 0.609. The highest BCUT2D eigenvalue weighted by Crippen LogP contribution is 2.28. The summed E-state index contributed by atoms with van der Waals surface area (Å²) in [7, 11) is -3.34. The Morgan fingerprint density at radius 1 is 0.920 bits per heavy atom. The lowest BCUT2D eigenvalue weighted by molar-refractivity contribution is 0.0911. The topological polar surface area (TPSA) is 63.2 Å². The van der Waals surface area contributed by atoms with Gasteiger partial charge in [0.1, 0.15) is 0 Å². The molecule has 2 aromatic carbocycles. The molecule has 1 saturated carbocycles. The van der Waals surface area contributed by atoms with Crippen LogP contribution in [0.25, 0.3) is 0 Å². The minimum Gasteiger partial charge on any atom is -0.349 e. The first-order valence-electron chi connectivity index (χ1n) is 8.70. The van der Waals surface area contributed by atoms with E-state index in [1.807, 2.05) is 24.3 Å². The van der Waals surface area contributed by atoms with Gasteiger partial charge in [0, 0.05) is 11.6 Å². The standard InChI is InChI=1S/C20H23NO3S/c22-20(16-9-3-1-4-10-16)21-19-14-8-7-11-17(19)15-25(23,24)18-12-5-2-6-13-18/h1-6,9-10,12-13,17,19H,7-8,11,14-15H2,(H,21,22)/t17-,19-/m1/s1. The van der Waals surface area contributed by atoms with Gasteiger partial charge < -0.3 is 5.32 Å². The smallest absolute Gasteiger partial charge is 0.251 e. The molecule has 5 heteroatoms. The summed E-state index contributed by atoms with van der Waals surface area (Å²) in [5.74, 6) is -0.0993. The van der Waals surface area contributed by atoms with E-state index in [9.17, 15) is 13.2 Å². The number of benzene rings is 2. The van der Waals surface area contributed by atoms with Crippen molar-refractivity contribution < 1.29 is 13.2 Å². The summed E-state index contributed by atoms with van der Waals surface area (Å²) in [5, 5.41) is 3.06. The van der Waals surface area contributed by atoms with Crippen molar-refractivity contribution in [1.82, 2.24) is 5.32 Å². The van der Waals surface area contributed by atoms with Crippen molar-refractivity contribution in [2.45, 2.75) is 36.6 Å². The molecule has 2 atom stereocenters. The Kier molecular flexibility index (Phi) is 5.53. The molecule has 0 saturated heterocycles. The van der Waals surface area contributed by atoms with Crippen molar-refractivity contribution in [2.75, 3.05) is 5.75 Å². The summed E-state index contributed by atoms with van der Waals surface area (Å²) in [4.78, 5) is 12.8. The van der Waals surface area contributed by atoms with Crippen LogP contribution in [0.1, 0.15) is 36.0 Å². The quantitative estimate of drug-likeness (QED) is 0.891. The maximum atomic E-state index is 12.7. The molecule has 4 nitrogen and oxygen atoms in total. The van der Waals surface area contributed by atoms with Gasteiger partial charge in [-0.15, -0.1) is 0 Å². The average molecular weight is 357 g/mol. The molecule has 1 aliphatic rings. The average Bonchev–Trinajstić information content (AvgIpc) is 2.64. The molecular formula is C20H23NO3S. The molecule has 25 heavy (non-hydrogen) atoms. The highest BCUT2D eigenvalue weighted by molar-refractivity contribution is 7.91. The van der Waals surface area contributed by atoms with E-state index in [0.717, 1.165) is 25.7 Å². The van der Waals surface area contributed by atoms with Crippen LogP contribution in [0.2, 0.25) is 0 Å². The number of hydrogen-bond acceptors (Lipinski definition) is 3. The Balaban J connectivity index is 1.72. The van der Waals surface area contributed by atoms with Gasteiger partial charge in [-0.25, -0.2) is 8.42 Å². The predicted molar refractivity (Wildman–Crippen MR) is 98.1 cm³/mol. The van der Waals surface area contributed by atoms with Gasteiger partial charge in [0.05, 0.1) is 10.6 Å². The number of carbonyl (C=O) groups is 1. The van der Waals surface area contributed by atoms with Gasteiger partial charge >= 0.3 is 0 Å². The molecule has 0 aromatic heterocycles. The third-order valence-electron chi connectivity index (χ3n) is 4.80. The molecule has 2 aromatic rings. The van der Waals surface area contributed by atoms with E-state index >= 15 is 0 Å². The van der Waals surface area contributed by atoms with Crippen molar-refractivity contribution in [3.63, 3.8) is 0 Å². The second-order valence-electron chi connectivity index (χ2n) is 6.58. The van der Waals surface area contributed by atoms with Crippen LogP contribution in [0.4, 0.5) is 0 Å². The Bertz CT molecular complexity index is 803. The summed E-state index contributed by atoms with van der Waals surface area (Å²) in [6.07, 6.45) is 3.67. The first-order valence-corrected chi connectivity index (χ1v) is 10.4. The Morgan fingerprint density at radius 3 is 2.20 bits per heavy atom. The highest BCUT2D eigenvalue weighted by Gasteiger charge is 2.31. The lowest BCUT2D eigenvalue weighted by atomic mass is 9.85.